The molecule has 1 aliphatic heterocycles. The molecule has 0 saturated carbocycles. The summed E-state index contributed by atoms with van der Waals surface area (Å²) in [5, 5.41) is 7.02. The number of hydrogen-bond acceptors (Lipinski definition) is 2. The van der Waals surface area contributed by atoms with Crippen LogP contribution in [-0.2, 0) is 0 Å². The predicted molar refractivity (Wildman–Crippen MR) is 74.5 cm³/mol. The van der Waals surface area contributed by atoms with Gasteiger partial charge in [0.05, 0.1) is 6.54 Å². The van der Waals surface area contributed by atoms with Crippen LogP contribution in [0.1, 0.15) is 19.8 Å². The molecule has 1 fully saturated rings. The second kappa shape index (κ2) is 6.40. The van der Waals surface area contributed by atoms with Gasteiger partial charge in [0.1, 0.15) is 0 Å². The number of rotatable bonds is 4. The van der Waals surface area contributed by atoms with Crippen LogP contribution < -0.4 is 10.6 Å². The van der Waals surface area contributed by atoms with Gasteiger partial charge in [-0.2, -0.15) is 11.8 Å². The maximum atomic E-state index is 5.69. The smallest absolute Gasteiger partial charge is 0.191 e. The number of guanidine groups is 1. The summed E-state index contributed by atoms with van der Waals surface area (Å²) >= 11 is 7.72. The first-order chi connectivity index (χ1) is 7.56. The van der Waals surface area contributed by atoms with E-state index in [-0.39, 0.29) is 0 Å². The molecule has 0 radical (unpaired) electrons. The molecule has 1 rings (SSSR count). The Labute approximate surface area is 107 Å². The minimum atomic E-state index is 0.343. The van der Waals surface area contributed by atoms with Gasteiger partial charge in [-0.05, 0) is 25.5 Å². The van der Waals surface area contributed by atoms with Crippen LogP contribution in [0, 0.1) is 0 Å². The molecule has 0 aromatic heterocycles. The summed E-state index contributed by atoms with van der Waals surface area (Å²) in [4.78, 5) is 4.14. The van der Waals surface area contributed by atoms with Gasteiger partial charge in [0.15, 0.2) is 5.96 Å². The minimum absolute atomic E-state index is 0.343. The Morgan fingerprint density at radius 3 is 2.81 bits per heavy atom. The lowest BCUT2D eigenvalue weighted by Crippen LogP contribution is -2.43. The third-order valence-electron chi connectivity index (χ3n) is 2.60. The van der Waals surface area contributed by atoms with Crippen LogP contribution in [0.15, 0.2) is 16.6 Å². The molecule has 2 N–H and O–H groups in total. The van der Waals surface area contributed by atoms with E-state index in [0.717, 1.165) is 12.5 Å². The van der Waals surface area contributed by atoms with Crippen LogP contribution >= 0.6 is 23.4 Å². The van der Waals surface area contributed by atoms with E-state index in [1.807, 2.05) is 11.8 Å². The van der Waals surface area contributed by atoms with Gasteiger partial charge in [-0.3, -0.25) is 4.99 Å². The highest BCUT2D eigenvalue weighted by molar-refractivity contribution is 8.00. The highest BCUT2D eigenvalue weighted by Crippen LogP contribution is 2.36. The molecular formula is C11H20ClN3S. The van der Waals surface area contributed by atoms with Crippen molar-refractivity contribution in [2.24, 2.45) is 4.99 Å². The number of halogens is 1. The fourth-order valence-corrected chi connectivity index (χ4v) is 2.96. The van der Waals surface area contributed by atoms with Gasteiger partial charge >= 0.3 is 0 Å². The summed E-state index contributed by atoms with van der Waals surface area (Å²) in [6, 6.07) is 0. The number of nitrogens with zero attached hydrogens (tertiary/aromatic N) is 1. The van der Waals surface area contributed by atoms with Gasteiger partial charge in [-0.1, -0.05) is 18.2 Å². The van der Waals surface area contributed by atoms with Crippen molar-refractivity contribution in [1.29, 1.82) is 0 Å². The fourth-order valence-electron chi connectivity index (χ4n) is 1.65. The van der Waals surface area contributed by atoms with Crippen molar-refractivity contribution in [3.05, 3.63) is 11.6 Å². The quantitative estimate of drug-likeness (QED) is 0.602. The zero-order valence-corrected chi connectivity index (χ0v) is 11.5. The van der Waals surface area contributed by atoms with Crippen molar-refractivity contribution in [2.75, 3.05) is 25.9 Å². The predicted octanol–water partition coefficient (Wildman–Crippen LogP) is 2.19. The molecule has 1 atom stereocenters. The van der Waals surface area contributed by atoms with Gasteiger partial charge in [0.2, 0.25) is 0 Å². The lowest BCUT2D eigenvalue weighted by atomic mass is 10.1. The Bertz CT molecular complexity index is 272. The average molecular weight is 262 g/mol. The topological polar surface area (TPSA) is 36.4 Å². The van der Waals surface area contributed by atoms with Gasteiger partial charge in [0, 0.05) is 23.4 Å². The van der Waals surface area contributed by atoms with Crippen molar-refractivity contribution in [2.45, 2.75) is 24.5 Å². The molecule has 92 valence electrons. The summed E-state index contributed by atoms with van der Waals surface area (Å²) in [5.41, 5.74) is 0. The van der Waals surface area contributed by atoms with E-state index in [9.17, 15) is 0 Å². The number of aliphatic imine (C=N–C) groups is 1. The molecule has 1 saturated heterocycles. The normalized spacial score (nSPS) is 25.6. The lowest BCUT2D eigenvalue weighted by molar-refractivity contribution is 0.586. The van der Waals surface area contributed by atoms with E-state index >= 15 is 0 Å². The van der Waals surface area contributed by atoms with Crippen molar-refractivity contribution in [3.63, 3.8) is 0 Å². The van der Waals surface area contributed by atoms with E-state index < -0.39 is 0 Å². The van der Waals surface area contributed by atoms with E-state index in [2.05, 4.69) is 29.1 Å². The van der Waals surface area contributed by atoms with Crippen molar-refractivity contribution in [3.8, 4) is 0 Å². The first-order valence-corrected chi connectivity index (χ1v) is 6.84. The molecule has 1 unspecified atom stereocenters. The minimum Gasteiger partial charge on any atom is -0.355 e. The van der Waals surface area contributed by atoms with Gasteiger partial charge in [0.25, 0.3) is 0 Å². The Hall–Kier alpha value is -0.350. The molecule has 0 aliphatic carbocycles. The third kappa shape index (κ3) is 4.66. The second-order valence-electron chi connectivity index (χ2n) is 4.20. The maximum absolute atomic E-state index is 5.69. The van der Waals surface area contributed by atoms with Crippen molar-refractivity contribution in [1.82, 2.24) is 10.6 Å². The molecule has 5 heteroatoms. The molecule has 1 heterocycles. The standard InChI is InChI=1S/C11H20ClN3S/c1-9(12)7-14-10(13-3)15-8-11(2)5-4-6-16-11/h1,4-8H2,2-3H3,(H2,13,14,15). The number of nitrogens with one attached hydrogen (secondary N) is 2. The van der Waals surface area contributed by atoms with Crippen LogP contribution in [0.3, 0.4) is 0 Å². The van der Waals surface area contributed by atoms with Gasteiger partial charge < -0.3 is 10.6 Å². The van der Waals surface area contributed by atoms with Gasteiger partial charge in [-0.15, -0.1) is 0 Å². The zero-order chi connectivity index (χ0) is 12.0. The second-order valence-corrected chi connectivity index (χ2v) is 6.42. The van der Waals surface area contributed by atoms with Gasteiger partial charge in [-0.25, -0.2) is 0 Å². The van der Waals surface area contributed by atoms with Crippen molar-refractivity contribution >= 4 is 29.3 Å². The number of hydrogen-bond donors (Lipinski definition) is 2. The lowest BCUT2D eigenvalue weighted by Gasteiger charge is -2.24. The summed E-state index contributed by atoms with van der Waals surface area (Å²) < 4.78 is 0.343. The first-order valence-electron chi connectivity index (χ1n) is 5.47. The van der Waals surface area contributed by atoms with Crippen LogP contribution in [0.4, 0.5) is 0 Å². The highest BCUT2D eigenvalue weighted by atomic mass is 35.5. The molecule has 0 aromatic carbocycles. The maximum Gasteiger partial charge on any atom is 0.191 e. The average Bonchev–Trinajstić information content (AvgIpc) is 2.65. The molecule has 1 aliphatic rings. The Kier molecular flexibility index (Phi) is 5.49. The first kappa shape index (κ1) is 13.7. The van der Waals surface area contributed by atoms with E-state index in [1.54, 1.807) is 7.05 Å². The summed E-state index contributed by atoms with van der Waals surface area (Å²) in [6.45, 7) is 7.41. The summed E-state index contributed by atoms with van der Waals surface area (Å²) in [7, 11) is 1.76. The Balaban J connectivity index is 2.31. The van der Waals surface area contributed by atoms with E-state index in [1.165, 1.54) is 18.6 Å². The van der Waals surface area contributed by atoms with Crippen LogP contribution in [0.2, 0.25) is 0 Å². The molecule has 16 heavy (non-hydrogen) atoms. The highest BCUT2D eigenvalue weighted by Gasteiger charge is 2.29. The summed E-state index contributed by atoms with van der Waals surface area (Å²) in [6.07, 6.45) is 2.58. The fraction of sp³-hybridized carbons (Fsp3) is 0.727. The largest absolute Gasteiger partial charge is 0.355 e. The molecule has 0 bridgehead atoms. The van der Waals surface area contributed by atoms with E-state index in [0.29, 0.717) is 16.3 Å². The van der Waals surface area contributed by atoms with Crippen LogP contribution in [-0.4, -0.2) is 36.6 Å². The van der Waals surface area contributed by atoms with Crippen molar-refractivity contribution < 1.29 is 0 Å². The molecule has 0 aromatic rings. The molecule has 0 spiro atoms. The Morgan fingerprint density at radius 2 is 2.31 bits per heavy atom. The van der Waals surface area contributed by atoms with E-state index in [4.69, 9.17) is 11.6 Å². The third-order valence-corrected chi connectivity index (χ3v) is 4.27. The molecule has 0 amide bonds. The number of thioether (sulfide) groups is 1. The summed E-state index contributed by atoms with van der Waals surface area (Å²) in [5.74, 6) is 2.05. The van der Waals surface area contributed by atoms with Crippen LogP contribution in [0.25, 0.3) is 0 Å². The van der Waals surface area contributed by atoms with Crippen LogP contribution in [0.5, 0.6) is 0 Å². The monoisotopic (exact) mass is 261 g/mol. The Morgan fingerprint density at radius 1 is 1.56 bits per heavy atom. The molecule has 3 nitrogen and oxygen atoms in total. The SMILES string of the molecule is C=C(Cl)CNC(=NC)NCC1(C)CCCS1. The molecular weight excluding hydrogens is 242 g/mol. The zero-order valence-electron chi connectivity index (χ0n) is 9.98.